The molecule has 0 saturated heterocycles. The zero-order chi connectivity index (χ0) is 14.8. The van der Waals surface area contributed by atoms with Gasteiger partial charge in [-0.15, -0.1) is 0 Å². The van der Waals surface area contributed by atoms with E-state index in [-0.39, 0.29) is 5.69 Å². The Hall–Kier alpha value is -1.90. The molecule has 0 aliphatic carbocycles. The van der Waals surface area contributed by atoms with Crippen LogP contribution in [0, 0.1) is 10.1 Å². The summed E-state index contributed by atoms with van der Waals surface area (Å²) in [6.45, 7) is 2.03. The van der Waals surface area contributed by atoms with Crippen molar-refractivity contribution in [3.05, 3.63) is 28.3 Å². The van der Waals surface area contributed by atoms with Crippen molar-refractivity contribution in [2.24, 2.45) is 5.84 Å². The largest absolute Gasteiger partial charge is 0.493 e. The van der Waals surface area contributed by atoms with Gasteiger partial charge in [-0.25, -0.2) is 0 Å². The molecule has 0 aliphatic rings. The van der Waals surface area contributed by atoms with Gasteiger partial charge in [0.15, 0.2) is 0 Å². The van der Waals surface area contributed by atoms with Gasteiger partial charge in [-0.2, -0.15) is 0 Å². The number of benzene rings is 1. The van der Waals surface area contributed by atoms with Crippen LogP contribution in [-0.2, 0) is 9.47 Å². The monoisotopic (exact) mass is 285 g/mol. The zero-order valence-corrected chi connectivity index (χ0v) is 11.3. The molecule has 0 fully saturated rings. The van der Waals surface area contributed by atoms with E-state index in [2.05, 4.69) is 5.43 Å². The third-order valence-corrected chi connectivity index (χ3v) is 2.40. The van der Waals surface area contributed by atoms with Crippen LogP contribution in [0.15, 0.2) is 18.2 Å². The Morgan fingerprint density at radius 2 is 2.05 bits per heavy atom. The molecule has 1 aromatic rings. The van der Waals surface area contributed by atoms with E-state index in [9.17, 15) is 10.1 Å². The Morgan fingerprint density at radius 1 is 1.25 bits per heavy atom. The molecule has 0 saturated carbocycles. The van der Waals surface area contributed by atoms with Crippen LogP contribution in [0.4, 0.5) is 11.4 Å². The first-order valence-electron chi connectivity index (χ1n) is 6.13. The first-order chi connectivity index (χ1) is 9.67. The highest BCUT2D eigenvalue weighted by Gasteiger charge is 2.10. The first-order valence-corrected chi connectivity index (χ1v) is 6.13. The molecule has 0 spiro atoms. The lowest BCUT2D eigenvalue weighted by molar-refractivity contribution is -0.384. The summed E-state index contributed by atoms with van der Waals surface area (Å²) in [4.78, 5) is 10.2. The van der Waals surface area contributed by atoms with Gasteiger partial charge in [0.05, 0.1) is 36.5 Å². The Balaban J connectivity index is 2.39. The van der Waals surface area contributed by atoms with Crippen LogP contribution in [0.3, 0.4) is 0 Å². The standard InChI is InChI=1S/C12H19N3O5/c1-18-5-6-19-3-2-4-20-12-8-10(14-13)7-11(9-12)15(16)17/h7-9,14H,2-6,13H2,1H3. The summed E-state index contributed by atoms with van der Waals surface area (Å²) in [6.07, 6.45) is 0.678. The van der Waals surface area contributed by atoms with Crippen LogP contribution in [-0.4, -0.2) is 38.5 Å². The molecule has 0 bridgehead atoms. The second-order valence-corrected chi connectivity index (χ2v) is 3.92. The number of hydrogen-bond donors (Lipinski definition) is 2. The summed E-state index contributed by atoms with van der Waals surface area (Å²) in [7, 11) is 1.61. The van der Waals surface area contributed by atoms with E-state index in [4.69, 9.17) is 20.1 Å². The van der Waals surface area contributed by atoms with Crippen LogP contribution >= 0.6 is 0 Å². The molecule has 0 aromatic heterocycles. The van der Waals surface area contributed by atoms with Crippen molar-refractivity contribution >= 4 is 11.4 Å². The van der Waals surface area contributed by atoms with E-state index < -0.39 is 4.92 Å². The highest BCUT2D eigenvalue weighted by molar-refractivity contribution is 5.55. The molecule has 0 unspecified atom stereocenters. The summed E-state index contributed by atoms with van der Waals surface area (Å²) >= 11 is 0. The minimum absolute atomic E-state index is 0.0770. The molecule has 1 rings (SSSR count). The normalized spacial score (nSPS) is 10.3. The number of anilines is 1. The summed E-state index contributed by atoms with van der Waals surface area (Å²) in [5.41, 5.74) is 2.71. The summed E-state index contributed by atoms with van der Waals surface area (Å²) in [6, 6.07) is 4.28. The number of methoxy groups -OCH3 is 1. The maximum atomic E-state index is 10.7. The predicted molar refractivity (Wildman–Crippen MR) is 73.7 cm³/mol. The number of nitrogens with zero attached hydrogens (tertiary/aromatic N) is 1. The van der Waals surface area contributed by atoms with E-state index in [1.54, 1.807) is 13.2 Å². The number of non-ortho nitro benzene ring substituents is 1. The zero-order valence-electron chi connectivity index (χ0n) is 11.3. The fourth-order valence-corrected chi connectivity index (χ4v) is 1.45. The predicted octanol–water partition coefficient (Wildman–Crippen LogP) is 1.31. The molecule has 0 amide bonds. The van der Waals surface area contributed by atoms with Gasteiger partial charge in [0.25, 0.3) is 5.69 Å². The molecular formula is C12H19N3O5. The minimum atomic E-state index is -0.498. The highest BCUT2D eigenvalue weighted by Crippen LogP contribution is 2.25. The van der Waals surface area contributed by atoms with E-state index in [1.165, 1.54) is 12.1 Å². The highest BCUT2D eigenvalue weighted by atomic mass is 16.6. The molecule has 0 aliphatic heterocycles. The Bertz CT molecular complexity index is 428. The molecule has 20 heavy (non-hydrogen) atoms. The Morgan fingerprint density at radius 3 is 2.70 bits per heavy atom. The maximum Gasteiger partial charge on any atom is 0.275 e. The number of nitrogens with one attached hydrogen (secondary N) is 1. The molecule has 8 nitrogen and oxygen atoms in total. The fourth-order valence-electron chi connectivity index (χ4n) is 1.45. The van der Waals surface area contributed by atoms with Gasteiger partial charge >= 0.3 is 0 Å². The van der Waals surface area contributed by atoms with Crippen LogP contribution < -0.4 is 16.0 Å². The molecule has 0 radical (unpaired) electrons. The topological polar surface area (TPSA) is 109 Å². The Labute approximate surface area is 116 Å². The van der Waals surface area contributed by atoms with Crippen LogP contribution in [0.1, 0.15) is 6.42 Å². The number of nitro groups is 1. The SMILES string of the molecule is COCCOCCCOc1cc(NN)cc([N+](=O)[O-])c1. The van der Waals surface area contributed by atoms with Crippen molar-refractivity contribution in [1.82, 2.24) is 0 Å². The number of ether oxygens (including phenoxy) is 3. The molecule has 112 valence electrons. The van der Waals surface area contributed by atoms with Crippen molar-refractivity contribution in [2.75, 3.05) is 39.0 Å². The third-order valence-electron chi connectivity index (χ3n) is 2.40. The Kier molecular flexibility index (Phi) is 7.33. The van der Waals surface area contributed by atoms with Gasteiger partial charge in [0.2, 0.25) is 0 Å². The summed E-state index contributed by atoms with van der Waals surface area (Å²) < 4.78 is 15.5. The second kappa shape index (κ2) is 9.08. The third kappa shape index (κ3) is 5.83. The number of nitrogen functional groups attached to an aromatic ring is 1. The van der Waals surface area contributed by atoms with Crippen molar-refractivity contribution in [1.29, 1.82) is 0 Å². The van der Waals surface area contributed by atoms with E-state index in [0.29, 0.717) is 44.3 Å². The first kappa shape index (κ1) is 16.2. The minimum Gasteiger partial charge on any atom is -0.493 e. The van der Waals surface area contributed by atoms with Crippen molar-refractivity contribution in [2.45, 2.75) is 6.42 Å². The maximum absolute atomic E-state index is 10.7. The van der Waals surface area contributed by atoms with Gasteiger partial charge in [-0.1, -0.05) is 0 Å². The quantitative estimate of drug-likeness (QED) is 0.289. The van der Waals surface area contributed by atoms with Gasteiger partial charge in [0, 0.05) is 32.3 Å². The summed E-state index contributed by atoms with van der Waals surface area (Å²) in [5, 5.41) is 10.7. The summed E-state index contributed by atoms with van der Waals surface area (Å²) in [5.74, 6) is 5.64. The molecule has 3 N–H and O–H groups in total. The molecule has 0 atom stereocenters. The van der Waals surface area contributed by atoms with Crippen LogP contribution in [0.2, 0.25) is 0 Å². The average Bonchev–Trinajstić information content (AvgIpc) is 2.46. The average molecular weight is 285 g/mol. The molecule has 1 aromatic carbocycles. The second-order valence-electron chi connectivity index (χ2n) is 3.92. The van der Waals surface area contributed by atoms with Gasteiger partial charge in [-0.05, 0) is 0 Å². The number of hydrazine groups is 1. The molecular weight excluding hydrogens is 266 g/mol. The van der Waals surface area contributed by atoms with Crippen molar-refractivity contribution in [3.8, 4) is 5.75 Å². The van der Waals surface area contributed by atoms with E-state index >= 15 is 0 Å². The van der Waals surface area contributed by atoms with E-state index in [0.717, 1.165) is 0 Å². The lowest BCUT2D eigenvalue weighted by Crippen LogP contribution is -2.09. The van der Waals surface area contributed by atoms with Crippen LogP contribution in [0.25, 0.3) is 0 Å². The molecule has 0 heterocycles. The van der Waals surface area contributed by atoms with Gasteiger partial charge in [-0.3, -0.25) is 16.0 Å². The number of nitro benzene ring substituents is 1. The van der Waals surface area contributed by atoms with Gasteiger partial charge in [0.1, 0.15) is 5.75 Å². The van der Waals surface area contributed by atoms with Crippen LogP contribution in [0.5, 0.6) is 5.75 Å². The van der Waals surface area contributed by atoms with E-state index in [1.807, 2.05) is 0 Å². The number of rotatable bonds is 10. The lowest BCUT2D eigenvalue weighted by Gasteiger charge is -2.08. The number of nitrogens with two attached hydrogens (primary N) is 1. The van der Waals surface area contributed by atoms with Gasteiger partial charge < -0.3 is 19.6 Å². The number of hydrogen-bond acceptors (Lipinski definition) is 7. The molecule has 8 heteroatoms. The van der Waals surface area contributed by atoms with Crippen molar-refractivity contribution < 1.29 is 19.1 Å². The van der Waals surface area contributed by atoms with Crippen molar-refractivity contribution in [3.63, 3.8) is 0 Å². The lowest BCUT2D eigenvalue weighted by atomic mass is 10.2. The smallest absolute Gasteiger partial charge is 0.275 e. The fraction of sp³-hybridized carbons (Fsp3) is 0.500.